The van der Waals surface area contributed by atoms with Crippen LogP contribution in [0.2, 0.25) is 0 Å². The second-order valence-electron chi connectivity index (χ2n) is 6.74. The maximum atomic E-state index is 14.9. The molecule has 0 spiro atoms. The SMILES string of the molecule is CCCc1ncc(C2Oc3cc(Br)cc(F)c3-c3cc4cc(Br)ccc4n32)s1. The van der Waals surface area contributed by atoms with Crippen molar-refractivity contribution in [3.63, 3.8) is 0 Å². The van der Waals surface area contributed by atoms with Crippen molar-refractivity contribution in [1.82, 2.24) is 9.55 Å². The van der Waals surface area contributed by atoms with Gasteiger partial charge >= 0.3 is 0 Å². The highest BCUT2D eigenvalue weighted by molar-refractivity contribution is 9.10. The Bertz CT molecular complexity index is 1220. The van der Waals surface area contributed by atoms with E-state index < -0.39 is 0 Å². The van der Waals surface area contributed by atoms with Crippen LogP contribution in [0.15, 0.2) is 51.5 Å². The zero-order valence-electron chi connectivity index (χ0n) is 14.9. The number of aromatic nitrogens is 2. The molecule has 1 aliphatic heterocycles. The molecule has 0 saturated heterocycles. The van der Waals surface area contributed by atoms with E-state index in [0.717, 1.165) is 43.8 Å². The van der Waals surface area contributed by atoms with Crippen molar-refractivity contribution in [1.29, 1.82) is 0 Å². The van der Waals surface area contributed by atoms with Crippen LogP contribution in [0.4, 0.5) is 4.39 Å². The third-order valence-corrected chi connectivity index (χ3v) is 6.87. The van der Waals surface area contributed by atoms with Gasteiger partial charge in [-0.3, -0.25) is 4.57 Å². The lowest BCUT2D eigenvalue weighted by molar-refractivity contribution is 0.175. The van der Waals surface area contributed by atoms with E-state index in [1.165, 1.54) is 6.07 Å². The molecule has 0 amide bonds. The second kappa shape index (κ2) is 6.97. The molecule has 0 radical (unpaired) electrons. The number of ether oxygens (including phenoxy) is 1. The fourth-order valence-electron chi connectivity index (χ4n) is 3.67. The monoisotopic (exact) mass is 520 g/mol. The lowest BCUT2D eigenvalue weighted by Crippen LogP contribution is -2.22. The van der Waals surface area contributed by atoms with Gasteiger partial charge in [0.1, 0.15) is 11.6 Å². The average molecular weight is 522 g/mol. The summed E-state index contributed by atoms with van der Waals surface area (Å²) in [6.07, 6.45) is 3.50. The first-order valence-corrected chi connectivity index (χ1v) is 11.4. The molecule has 2 aromatic carbocycles. The number of benzene rings is 2. The van der Waals surface area contributed by atoms with Crippen LogP contribution < -0.4 is 4.74 Å². The summed E-state index contributed by atoms with van der Waals surface area (Å²) in [5.41, 5.74) is 2.31. The maximum absolute atomic E-state index is 14.9. The normalized spacial score (nSPS) is 15.4. The standard InChI is InChI=1S/C21H15Br2FN2OS/c1-2-3-19-25-10-18(28-19)21-26-15-5-4-12(22)6-11(15)7-16(26)20-14(24)8-13(23)9-17(20)27-21/h4-10,21H,2-3H2,1H3. The Kier molecular flexibility index (Phi) is 4.56. The third kappa shape index (κ3) is 2.91. The Morgan fingerprint density at radius 3 is 2.86 bits per heavy atom. The molecule has 0 N–H and O–H groups in total. The summed E-state index contributed by atoms with van der Waals surface area (Å²) in [5, 5.41) is 2.12. The topological polar surface area (TPSA) is 27.1 Å². The molecule has 1 atom stereocenters. The smallest absolute Gasteiger partial charge is 0.213 e. The van der Waals surface area contributed by atoms with Gasteiger partial charge in [0.2, 0.25) is 6.23 Å². The summed E-state index contributed by atoms with van der Waals surface area (Å²) in [7, 11) is 0. The molecule has 0 aliphatic carbocycles. The van der Waals surface area contributed by atoms with E-state index >= 15 is 0 Å². The molecular formula is C21H15Br2FN2OS. The van der Waals surface area contributed by atoms with E-state index in [4.69, 9.17) is 4.74 Å². The molecule has 0 fully saturated rings. The van der Waals surface area contributed by atoms with Gasteiger partial charge in [0.25, 0.3) is 0 Å². The highest BCUT2D eigenvalue weighted by Crippen LogP contribution is 2.47. The van der Waals surface area contributed by atoms with Gasteiger partial charge in [-0.2, -0.15) is 0 Å². The summed E-state index contributed by atoms with van der Waals surface area (Å²) in [6, 6.07) is 11.4. The van der Waals surface area contributed by atoms with Crippen LogP contribution in [0.25, 0.3) is 22.2 Å². The zero-order valence-corrected chi connectivity index (χ0v) is 18.9. The summed E-state index contributed by atoms with van der Waals surface area (Å²) >= 11 is 8.57. The molecule has 5 rings (SSSR count). The van der Waals surface area contributed by atoms with Crippen molar-refractivity contribution in [2.75, 3.05) is 0 Å². The highest BCUT2D eigenvalue weighted by atomic mass is 79.9. The first-order chi connectivity index (χ1) is 13.5. The van der Waals surface area contributed by atoms with Crippen molar-refractivity contribution in [2.24, 2.45) is 0 Å². The minimum atomic E-state index is -0.377. The van der Waals surface area contributed by atoms with Crippen molar-refractivity contribution in [3.8, 4) is 17.0 Å². The number of hydrogen-bond acceptors (Lipinski definition) is 3. The molecule has 142 valence electrons. The van der Waals surface area contributed by atoms with Gasteiger partial charge in [0.15, 0.2) is 0 Å². The summed E-state index contributed by atoms with van der Waals surface area (Å²) in [5.74, 6) is 0.235. The molecule has 7 heteroatoms. The molecule has 4 aromatic rings. The molecule has 0 saturated carbocycles. The molecule has 1 unspecified atom stereocenters. The molecular weight excluding hydrogens is 507 g/mol. The van der Waals surface area contributed by atoms with E-state index in [1.807, 2.05) is 36.5 Å². The largest absolute Gasteiger partial charge is 0.464 e. The molecule has 0 bridgehead atoms. The Hall–Kier alpha value is -1.70. The van der Waals surface area contributed by atoms with Gasteiger partial charge < -0.3 is 4.74 Å². The molecule has 28 heavy (non-hydrogen) atoms. The Labute approximate surface area is 182 Å². The van der Waals surface area contributed by atoms with Crippen LogP contribution in [-0.4, -0.2) is 9.55 Å². The van der Waals surface area contributed by atoms with Crippen LogP contribution in [0.1, 0.15) is 29.5 Å². The minimum absolute atomic E-state index is 0.304. The summed E-state index contributed by atoms with van der Waals surface area (Å²) in [6.45, 7) is 2.14. The number of fused-ring (bicyclic) bond motifs is 5. The zero-order chi connectivity index (χ0) is 19.4. The third-order valence-electron chi connectivity index (χ3n) is 4.83. The van der Waals surface area contributed by atoms with Crippen LogP contribution in [0.3, 0.4) is 0 Å². The van der Waals surface area contributed by atoms with E-state index in [2.05, 4.69) is 48.3 Å². The molecule has 2 aromatic heterocycles. The number of halogens is 3. The summed E-state index contributed by atoms with van der Waals surface area (Å²) < 4.78 is 25.0. The number of nitrogens with zero attached hydrogens (tertiary/aromatic N) is 2. The van der Waals surface area contributed by atoms with E-state index in [0.29, 0.717) is 15.8 Å². The quantitative estimate of drug-likeness (QED) is 0.282. The van der Waals surface area contributed by atoms with E-state index in [1.54, 1.807) is 11.3 Å². The lowest BCUT2D eigenvalue weighted by atomic mass is 10.1. The Morgan fingerprint density at radius 2 is 2.04 bits per heavy atom. The van der Waals surface area contributed by atoms with Crippen molar-refractivity contribution in [3.05, 3.63) is 67.2 Å². The second-order valence-corrected chi connectivity index (χ2v) is 9.72. The fraction of sp³-hybridized carbons (Fsp3) is 0.190. The minimum Gasteiger partial charge on any atom is -0.464 e. The first-order valence-electron chi connectivity index (χ1n) is 8.96. The molecule has 3 nitrogen and oxygen atoms in total. The van der Waals surface area contributed by atoms with Crippen LogP contribution in [0.5, 0.6) is 5.75 Å². The Morgan fingerprint density at radius 1 is 1.18 bits per heavy atom. The number of rotatable bonds is 3. The first kappa shape index (κ1) is 18.3. The van der Waals surface area contributed by atoms with Gasteiger partial charge in [-0.1, -0.05) is 38.8 Å². The van der Waals surface area contributed by atoms with Crippen LogP contribution >= 0.6 is 43.2 Å². The van der Waals surface area contributed by atoms with Gasteiger partial charge in [-0.15, -0.1) is 11.3 Å². The van der Waals surface area contributed by atoms with E-state index in [9.17, 15) is 4.39 Å². The predicted molar refractivity (Wildman–Crippen MR) is 118 cm³/mol. The van der Waals surface area contributed by atoms with Gasteiger partial charge in [-0.05, 0) is 49.2 Å². The maximum Gasteiger partial charge on any atom is 0.213 e. The number of thiazole rings is 1. The number of hydrogen-bond donors (Lipinski definition) is 0. The van der Waals surface area contributed by atoms with Crippen molar-refractivity contribution < 1.29 is 9.13 Å². The van der Waals surface area contributed by atoms with Gasteiger partial charge in [0, 0.05) is 20.5 Å². The predicted octanol–water partition coefficient (Wildman–Crippen LogP) is 7.32. The highest BCUT2D eigenvalue weighted by Gasteiger charge is 2.32. The molecule has 1 aliphatic rings. The number of aryl methyl sites for hydroxylation is 1. The van der Waals surface area contributed by atoms with Gasteiger partial charge in [-0.25, -0.2) is 9.37 Å². The average Bonchev–Trinajstić information content (AvgIpc) is 3.24. The molecule has 3 heterocycles. The van der Waals surface area contributed by atoms with Crippen molar-refractivity contribution >= 4 is 54.1 Å². The Balaban J connectivity index is 1.78. The van der Waals surface area contributed by atoms with Crippen LogP contribution in [0, 0.1) is 5.82 Å². The summed E-state index contributed by atoms with van der Waals surface area (Å²) in [4.78, 5) is 5.57. The van der Waals surface area contributed by atoms with Crippen molar-refractivity contribution in [2.45, 2.75) is 26.0 Å². The van der Waals surface area contributed by atoms with Crippen LogP contribution in [-0.2, 0) is 6.42 Å². The fourth-order valence-corrected chi connectivity index (χ4v) is 5.50. The van der Waals surface area contributed by atoms with Gasteiger partial charge in [0.05, 0.1) is 26.7 Å². The lowest BCUT2D eigenvalue weighted by Gasteiger charge is -2.29. The van der Waals surface area contributed by atoms with E-state index in [-0.39, 0.29) is 12.0 Å².